The maximum absolute atomic E-state index is 12.7. The monoisotopic (exact) mass is 294 g/mol. The summed E-state index contributed by atoms with van der Waals surface area (Å²) in [6, 6.07) is 5.62. The third-order valence-electron chi connectivity index (χ3n) is 4.55. The van der Waals surface area contributed by atoms with Gasteiger partial charge in [0.25, 0.3) is 0 Å². The fourth-order valence-electron chi connectivity index (χ4n) is 3.25. The summed E-state index contributed by atoms with van der Waals surface area (Å²) in [7, 11) is -1.62. The van der Waals surface area contributed by atoms with Gasteiger partial charge in [-0.1, -0.05) is 19.3 Å². The van der Waals surface area contributed by atoms with Crippen molar-refractivity contribution in [2.24, 2.45) is 0 Å². The van der Waals surface area contributed by atoms with Crippen LogP contribution in [0, 0.1) is 0 Å². The van der Waals surface area contributed by atoms with E-state index in [0.717, 1.165) is 49.9 Å². The van der Waals surface area contributed by atoms with Gasteiger partial charge in [0.15, 0.2) is 0 Å². The number of hydrogen-bond acceptors (Lipinski definition) is 3. The number of anilines is 1. The second kappa shape index (κ2) is 5.37. The summed E-state index contributed by atoms with van der Waals surface area (Å²) in [5.41, 5.74) is 2.19. The Kier molecular flexibility index (Phi) is 3.73. The van der Waals surface area contributed by atoms with Crippen LogP contribution < -0.4 is 5.32 Å². The van der Waals surface area contributed by atoms with Gasteiger partial charge >= 0.3 is 0 Å². The lowest BCUT2D eigenvalue weighted by Crippen LogP contribution is -2.38. The van der Waals surface area contributed by atoms with E-state index in [2.05, 4.69) is 5.32 Å². The summed E-state index contributed by atoms with van der Waals surface area (Å²) in [5, 5.41) is 3.26. The summed E-state index contributed by atoms with van der Waals surface area (Å²) < 4.78 is 27.1. The van der Waals surface area contributed by atoms with Crippen molar-refractivity contribution in [3.8, 4) is 0 Å². The maximum Gasteiger partial charge on any atom is 0.243 e. The minimum Gasteiger partial charge on any atom is -0.384 e. The molecule has 2 aliphatic rings. The Bertz CT molecular complexity index is 592. The Hall–Kier alpha value is -1.07. The number of nitrogens with zero attached hydrogens (tertiary/aromatic N) is 1. The Morgan fingerprint density at radius 2 is 1.95 bits per heavy atom. The first-order valence-electron chi connectivity index (χ1n) is 7.44. The first kappa shape index (κ1) is 13.9. The van der Waals surface area contributed by atoms with Crippen LogP contribution in [0.3, 0.4) is 0 Å². The van der Waals surface area contributed by atoms with Crippen molar-refractivity contribution < 1.29 is 8.42 Å². The van der Waals surface area contributed by atoms with Gasteiger partial charge in [-0.3, -0.25) is 0 Å². The van der Waals surface area contributed by atoms with E-state index < -0.39 is 10.0 Å². The van der Waals surface area contributed by atoms with Gasteiger partial charge in [-0.15, -0.1) is 0 Å². The van der Waals surface area contributed by atoms with E-state index in [1.807, 2.05) is 12.1 Å². The number of sulfonamides is 1. The zero-order chi connectivity index (χ0) is 14.2. The number of rotatable bonds is 3. The lowest BCUT2D eigenvalue weighted by molar-refractivity contribution is 0.286. The van der Waals surface area contributed by atoms with Crippen molar-refractivity contribution in [1.82, 2.24) is 4.31 Å². The minimum atomic E-state index is -3.35. The van der Waals surface area contributed by atoms with Gasteiger partial charge < -0.3 is 5.32 Å². The number of fused-ring (bicyclic) bond motifs is 1. The molecule has 4 nitrogen and oxygen atoms in total. The first-order valence-corrected chi connectivity index (χ1v) is 8.88. The van der Waals surface area contributed by atoms with Gasteiger partial charge in [-0.2, -0.15) is 4.31 Å². The second-order valence-corrected chi connectivity index (χ2v) is 7.81. The quantitative estimate of drug-likeness (QED) is 0.932. The van der Waals surface area contributed by atoms with Crippen molar-refractivity contribution in [2.75, 3.05) is 18.9 Å². The summed E-state index contributed by atoms with van der Waals surface area (Å²) >= 11 is 0. The second-order valence-electron chi connectivity index (χ2n) is 5.81. The molecule has 3 rings (SSSR count). The zero-order valence-corrected chi connectivity index (χ0v) is 12.7. The van der Waals surface area contributed by atoms with Gasteiger partial charge in [0.05, 0.1) is 4.90 Å². The minimum absolute atomic E-state index is 0.167. The summed E-state index contributed by atoms with van der Waals surface area (Å²) in [6.07, 6.45) is 6.39. The largest absolute Gasteiger partial charge is 0.384 e. The van der Waals surface area contributed by atoms with Crippen LogP contribution in [0.1, 0.15) is 37.7 Å². The van der Waals surface area contributed by atoms with Crippen molar-refractivity contribution in [2.45, 2.75) is 49.5 Å². The van der Waals surface area contributed by atoms with E-state index in [-0.39, 0.29) is 6.04 Å². The van der Waals surface area contributed by atoms with Gasteiger partial charge in [-0.05, 0) is 43.0 Å². The van der Waals surface area contributed by atoms with Crippen LogP contribution in [0.25, 0.3) is 0 Å². The van der Waals surface area contributed by atoms with Crippen molar-refractivity contribution in [1.29, 1.82) is 0 Å². The molecule has 0 bridgehead atoms. The first-order chi connectivity index (χ1) is 9.59. The SMILES string of the molecule is CN(C1CCCCC1)S(=O)(=O)c1ccc2c(c1)CCN2. The predicted molar refractivity (Wildman–Crippen MR) is 80.5 cm³/mol. The molecule has 0 spiro atoms. The fraction of sp³-hybridized carbons (Fsp3) is 0.600. The van der Waals surface area contributed by atoms with Crippen LogP contribution in [-0.2, 0) is 16.4 Å². The molecule has 0 atom stereocenters. The molecule has 1 aliphatic carbocycles. The number of benzene rings is 1. The highest BCUT2D eigenvalue weighted by Crippen LogP contribution is 2.29. The highest BCUT2D eigenvalue weighted by atomic mass is 32.2. The molecule has 1 N–H and O–H groups in total. The lowest BCUT2D eigenvalue weighted by Gasteiger charge is -2.30. The van der Waals surface area contributed by atoms with Crippen molar-refractivity contribution in [3.63, 3.8) is 0 Å². The van der Waals surface area contributed by atoms with Gasteiger partial charge in [0.2, 0.25) is 10.0 Å². The molecule has 1 saturated carbocycles. The van der Waals surface area contributed by atoms with Gasteiger partial charge in [0.1, 0.15) is 0 Å². The molecule has 110 valence electrons. The molecule has 0 saturated heterocycles. The smallest absolute Gasteiger partial charge is 0.243 e. The summed E-state index contributed by atoms with van der Waals surface area (Å²) in [4.78, 5) is 0.438. The van der Waals surface area contributed by atoms with Crippen LogP contribution in [0.15, 0.2) is 23.1 Å². The van der Waals surface area contributed by atoms with E-state index in [1.165, 1.54) is 6.42 Å². The summed E-state index contributed by atoms with van der Waals surface area (Å²) in [6.45, 7) is 0.900. The molecular formula is C15H22N2O2S. The Labute approximate surface area is 121 Å². The van der Waals surface area contributed by atoms with Crippen molar-refractivity contribution in [3.05, 3.63) is 23.8 Å². The molecule has 1 heterocycles. The van der Waals surface area contributed by atoms with Crippen molar-refractivity contribution >= 4 is 15.7 Å². The van der Waals surface area contributed by atoms with Crippen LogP contribution in [-0.4, -0.2) is 32.4 Å². The van der Waals surface area contributed by atoms with Crippen LogP contribution in [0.4, 0.5) is 5.69 Å². The van der Waals surface area contributed by atoms with Gasteiger partial charge in [0, 0.05) is 25.3 Å². The van der Waals surface area contributed by atoms with E-state index >= 15 is 0 Å². The van der Waals surface area contributed by atoms with E-state index in [4.69, 9.17) is 0 Å². The Morgan fingerprint density at radius 3 is 2.70 bits per heavy atom. The van der Waals surface area contributed by atoms with Crippen LogP contribution >= 0.6 is 0 Å². The van der Waals surface area contributed by atoms with Crippen LogP contribution in [0.2, 0.25) is 0 Å². The molecule has 0 amide bonds. The molecular weight excluding hydrogens is 272 g/mol. The third kappa shape index (κ3) is 2.44. The summed E-state index contributed by atoms with van der Waals surface area (Å²) in [5.74, 6) is 0. The number of nitrogens with one attached hydrogen (secondary N) is 1. The van der Waals surface area contributed by atoms with Gasteiger partial charge in [-0.25, -0.2) is 8.42 Å². The molecule has 20 heavy (non-hydrogen) atoms. The molecule has 1 aromatic carbocycles. The van der Waals surface area contributed by atoms with E-state index in [9.17, 15) is 8.42 Å². The Balaban J connectivity index is 1.87. The molecule has 0 radical (unpaired) electrons. The van der Waals surface area contributed by atoms with E-state index in [1.54, 1.807) is 17.4 Å². The predicted octanol–water partition coefficient (Wildman–Crippen LogP) is 2.61. The lowest BCUT2D eigenvalue weighted by atomic mass is 9.96. The molecule has 1 fully saturated rings. The number of hydrogen-bond donors (Lipinski definition) is 1. The van der Waals surface area contributed by atoms with E-state index in [0.29, 0.717) is 4.90 Å². The third-order valence-corrected chi connectivity index (χ3v) is 6.46. The highest BCUT2D eigenvalue weighted by Gasteiger charge is 2.29. The average Bonchev–Trinajstić information content (AvgIpc) is 2.94. The average molecular weight is 294 g/mol. The molecule has 1 aromatic rings. The normalized spacial score (nSPS) is 19.9. The maximum atomic E-state index is 12.7. The molecule has 0 unspecified atom stereocenters. The molecule has 5 heteroatoms. The standard InChI is InChI=1S/C15H22N2O2S/c1-17(13-5-3-2-4-6-13)20(18,19)14-7-8-15-12(11-14)9-10-16-15/h7-8,11,13,16H,2-6,9-10H2,1H3. The molecule has 1 aliphatic heterocycles. The zero-order valence-electron chi connectivity index (χ0n) is 11.9. The highest BCUT2D eigenvalue weighted by molar-refractivity contribution is 7.89. The van der Waals surface area contributed by atoms with Crippen LogP contribution in [0.5, 0.6) is 0 Å². The Morgan fingerprint density at radius 1 is 1.20 bits per heavy atom. The fourth-order valence-corrected chi connectivity index (χ4v) is 4.72. The topological polar surface area (TPSA) is 49.4 Å². The molecule has 0 aromatic heterocycles.